The predicted octanol–water partition coefficient (Wildman–Crippen LogP) is 5.16. The minimum Gasteiger partial charge on any atom is 0 e. The van der Waals surface area contributed by atoms with Gasteiger partial charge in [-0.2, -0.15) is 0 Å². The Morgan fingerprint density at radius 1 is 0.692 bits per heavy atom. The van der Waals surface area contributed by atoms with E-state index in [2.05, 4.69) is 42.7 Å². The monoisotopic (exact) mass is 416 g/mol. The standard InChI is InChI=1S/2C10H21O2.Cu.Li/c2*1-4-6-10(2)7-5-8-12-9-11-3;;/h2*4,10H,5-9H2,1-3H3;;. The van der Waals surface area contributed by atoms with Gasteiger partial charge in [-0.15, -0.1) is 0 Å². The Morgan fingerprint density at radius 3 is 1.42 bits per heavy atom. The van der Waals surface area contributed by atoms with E-state index in [1.807, 2.05) is 0 Å². The Kier molecular flexibility index (Phi) is 23.2. The van der Waals surface area contributed by atoms with E-state index in [0.717, 1.165) is 37.9 Å². The minimum atomic E-state index is 0. The van der Waals surface area contributed by atoms with E-state index in [0.29, 0.717) is 23.2 Å². The molecular weight excluding hydrogens is 375 g/mol. The molecule has 0 spiro atoms. The van der Waals surface area contributed by atoms with Gasteiger partial charge in [0, 0.05) is 18.9 Å². The van der Waals surface area contributed by atoms with E-state index in [9.17, 15) is 0 Å². The second-order valence-corrected chi connectivity index (χ2v) is 9.28. The van der Waals surface area contributed by atoms with Gasteiger partial charge in [0.05, 0.1) is 0 Å². The van der Waals surface area contributed by atoms with E-state index >= 15 is 0 Å². The molecule has 0 heterocycles. The van der Waals surface area contributed by atoms with E-state index in [1.165, 1.54) is 25.7 Å². The molecule has 0 saturated heterocycles. The van der Waals surface area contributed by atoms with Crippen LogP contribution >= 0.6 is 0 Å². The second-order valence-electron chi connectivity index (χ2n) is 7.11. The van der Waals surface area contributed by atoms with Crippen LogP contribution in [0.2, 0.25) is 9.63 Å². The fourth-order valence-corrected chi connectivity index (χ4v) is 4.94. The van der Waals surface area contributed by atoms with E-state index < -0.39 is 0 Å². The quantitative estimate of drug-likeness (QED) is 0.176. The van der Waals surface area contributed by atoms with Crippen LogP contribution in [0.5, 0.6) is 0 Å². The second kappa shape index (κ2) is 20.7. The van der Waals surface area contributed by atoms with E-state index in [4.69, 9.17) is 18.9 Å². The Bertz CT molecular complexity index is 259. The Hall–Kier alpha value is 0.957. The van der Waals surface area contributed by atoms with Gasteiger partial charge in [0.1, 0.15) is 0 Å². The van der Waals surface area contributed by atoms with Gasteiger partial charge in [-0.3, -0.25) is 0 Å². The molecule has 158 valence electrons. The molecule has 4 atom stereocenters. The summed E-state index contributed by atoms with van der Waals surface area (Å²) in [7, 11) is 3.33. The molecule has 26 heavy (non-hydrogen) atoms. The van der Waals surface area contributed by atoms with Gasteiger partial charge in [0.25, 0.3) is 0 Å². The van der Waals surface area contributed by atoms with E-state index in [-0.39, 0.29) is 18.9 Å². The largest absolute Gasteiger partial charge is 0 e. The van der Waals surface area contributed by atoms with Crippen LogP contribution in [0, 0.1) is 11.8 Å². The average Bonchev–Trinajstić information content (AvgIpc) is 2.54. The number of rotatable bonds is 18. The van der Waals surface area contributed by atoms with Gasteiger partial charge in [0.2, 0.25) is 0 Å². The molecule has 6 heteroatoms. The first-order valence-electron chi connectivity index (χ1n) is 9.66. The molecule has 1 radical (unpaired) electrons. The molecule has 0 saturated carbocycles. The Morgan fingerprint density at radius 2 is 1.08 bits per heavy atom. The Labute approximate surface area is 181 Å². The van der Waals surface area contributed by atoms with Gasteiger partial charge in [-0.25, -0.2) is 0 Å². The molecule has 0 aromatic carbocycles. The van der Waals surface area contributed by atoms with Crippen molar-refractivity contribution >= 4 is 18.9 Å². The molecule has 0 aliphatic heterocycles. The minimum absolute atomic E-state index is 0. The molecular formula is C20H42CuLiO4. The summed E-state index contributed by atoms with van der Waals surface area (Å²) >= 11 is 2.25. The third-order valence-electron chi connectivity index (χ3n) is 4.13. The van der Waals surface area contributed by atoms with Gasteiger partial charge in [-0.05, 0) is 0 Å². The molecule has 0 aromatic heterocycles. The number of ether oxygens (including phenoxy) is 4. The third kappa shape index (κ3) is 19.7. The van der Waals surface area contributed by atoms with Gasteiger partial charge < -0.3 is 0 Å². The fourth-order valence-electron chi connectivity index (χ4n) is 3.01. The van der Waals surface area contributed by atoms with Gasteiger partial charge >= 0.3 is 163 Å². The van der Waals surface area contributed by atoms with Gasteiger partial charge in [0.15, 0.2) is 0 Å². The summed E-state index contributed by atoms with van der Waals surface area (Å²) in [6, 6.07) is 0. The summed E-state index contributed by atoms with van der Waals surface area (Å²) in [5, 5.41) is 0. The van der Waals surface area contributed by atoms with Crippen molar-refractivity contribution in [2.45, 2.75) is 75.9 Å². The molecule has 0 aliphatic carbocycles. The average molecular weight is 417 g/mol. The molecule has 0 aliphatic rings. The number of hydrogen-bond donors (Lipinski definition) is 0. The molecule has 0 bridgehead atoms. The smallest absolute Gasteiger partial charge is 0 e. The van der Waals surface area contributed by atoms with Crippen molar-refractivity contribution in [3.05, 3.63) is 0 Å². The molecule has 4 nitrogen and oxygen atoms in total. The molecule has 0 fully saturated rings. The van der Waals surface area contributed by atoms with Crippen LogP contribution < -0.4 is 0 Å². The van der Waals surface area contributed by atoms with Crippen molar-refractivity contribution in [2.75, 3.05) is 41.0 Å². The van der Waals surface area contributed by atoms with Crippen LogP contribution in [-0.2, 0) is 33.9 Å². The summed E-state index contributed by atoms with van der Waals surface area (Å²) < 4.78 is 20.5. The summed E-state index contributed by atoms with van der Waals surface area (Å²) in [5.41, 5.74) is 0. The van der Waals surface area contributed by atoms with Crippen molar-refractivity contribution in [3.8, 4) is 0 Å². The Balaban J connectivity index is 0. The van der Waals surface area contributed by atoms with Crippen LogP contribution in [0.4, 0.5) is 0 Å². The normalized spacial score (nSPS) is 16.1. The SMILES string of the molecule is COCOCCCC(C)C[CH](C)[Cu][CH](C)CC(C)CCCOCOC.[Li]. The van der Waals surface area contributed by atoms with Crippen LogP contribution in [0.3, 0.4) is 0 Å². The van der Waals surface area contributed by atoms with Gasteiger partial charge in [-0.1, -0.05) is 0 Å². The van der Waals surface area contributed by atoms with Crippen LogP contribution in [0.1, 0.15) is 66.2 Å². The fraction of sp³-hybridized carbons (Fsp3) is 1.00. The molecule has 0 N–H and O–H groups in total. The third-order valence-corrected chi connectivity index (χ3v) is 5.65. The maximum Gasteiger partial charge on any atom is 0 e. The zero-order chi connectivity index (χ0) is 18.9. The summed E-state index contributed by atoms with van der Waals surface area (Å²) in [4.78, 5) is 1.43. The summed E-state index contributed by atoms with van der Waals surface area (Å²) in [6.07, 6.45) is 7.29. The summed E-state index contributed by atoms with van der Waals surface area (Å²) in [6.45, 7) is 11.9. The molecule has 0 aromatic rings. The van der Waals surface area contributed by atoms with Crippen LogP contribution in [0.25, 0.3) is 0 Å². The molecule has 0 rings (SSSR count). The molecule has 0 amide bonds. The van der Waals surface area contributed by atoms with Crippen LogP contribution in [-0.4, -0.2) is 59.9 Å². The number of hydrogen-bond acceptors (Lipinski definition) is 4. The van der Waals surface area contributed by atoms with E-state index in [1.54, 1.807) is 14.2 Å². The van der Waals surface area contributed by atoms with Crippen molar-refractivity contribution in [2.24, 2.45) is 11.8 Å². The topological polar surface area (TPSA) is 36.9 Å². The van der Waals surface area contributed by atoms with Crippen molar-refractivity contribution in [1.29, 1.82) is 0 Å². The van der Waals surface area contributed by atoms with Crippen LogP contribution in [0.15, 0.2) is 0 Å². The zero-order valence-corrected chi connectivity index (χ0v) is 19.3. The van der Waals surface area contributed by atoms with Crippen molar-refractivity contribution < 1.29 is 33.9 Å². The first-order valence-corrected chi connectivity index (χ1v) is 10.7. The first-order chi connectivity index (χ1) is 12.0. The maximum atomic E-state index is 5.36. The van der Waals surface area contributed by atoms with Crippen molar-refractivity contribution in [1.82, 2.24) is 0 Å². The number of methoxy groups -OCH3 is 2. The first kappa shape index (κ1) is 29.2. The summed E-state index contributed by atoms with van der Waals surface area (Å²) in [5.74, 6) is 1.52. The predicted molar refractivity (Wildman–Crippen MR) is 106 cm³/mol. The molecule has 4 unspecified atom stereocenters. The maximum absolute atomic E-state index is 5.36. The van der Waals surface area contributed by atoms with Crippen molar-refractivity contribution in [3.63, 3.8) is 0 Å². The zero-order valence-electron chi connectivity index (χ0n) is 18.3.